The molecule has 2 amide bonds. The topological polar surface area (TPSA) is 106 Å². The van der Waals surface area contributed by atoms with Gasteiger partial charge in [0.2, 0.25) is 0 Å². The van der Waals surface area contributed by atoms with Crippen LogP contribution < -0.4 is 10.6 Å². The summed E-state index contributed by atoms with van der Waals surface area (Å²) in [7, 11) is 0. The molecular formula is C15H14N4O4S. The highest BCUT2D eigenvalue weighted by Crippen LogP contribution is 2.28. The third-order valence-corrected chi connectivity index (χ3v) is 3.92. The fourth-order valence-corrected chi connectivity index (χ4v) is 2.87. The Morgan fingerprint density at radius 3 is 2.83 bits per heavy atom. The van der Waals surface area contributed by atoms with Crippen molar-refractivity contribution in [1.29, 1.82) is 0 Å². The smallest absolute Gasteiger partial charge is 0.413 e. The molecule has 124 valence electrons. The molecule has 0 radical (unpaired) electrons. The number of thiazole rings is 1. The van der Waals surface area contributed by atoms with Crippen LogP contribution in [0.25, 0.3) is 10.2 Å². The lowest BCUT2D eigenvalue weighted by Crippen LogP contribution is -2.12. The van der Waals surface area contributed by atoms with Gasteiger partial charge in [-0.15, -0.1) is 0 Å². The summed E-state index contributed by atoms with van der Waals surface area (Å²) in [5.74, 6) is 0.202. The van der Waals surface area contributed by atoms with Gasteiger partial charge in [0, 0.05) is 11.8 Å². The number of hydrogen-bond acceptors (Lipinski definition) is 7. The van der Waals surface area contributed by atoms with Crippen molar-refractivity contribution in [2.45, 2.75) is 13.8 Å². The lowest BCUT2D eigenvalue weighted by molar-refractivity contribution is 0.101. The van der Waals surface area contributed by atoms with Crippen molar-refractivity contribution in [1.82, 2.24) is 10.1 Å². The first kappa shape index (κ1) is 15.9. The number of anilines is 2. The lowest BCUT2D eigenvalue weighted by Gasteiger charge is -2.01. The molecule has 0 saturated heterocycles. The zero-order chi connectivity index (χ0) is 17.1. The van der Waals surface area contributed by atoms with Gasteiger partial charge in [-0.05, 0) is 32.0 Å². The number of aryl methyl sites for hydroxylation is 1. The Labute approximate surface area is 140 Å². The molecule has 8 nitrogen and oxygen atoms in total. The number of aromatic nitrogens is 2. The van der Waals surface area contributed by atoms with Gasteiger partial charge in [0.15, 0.2) is 10.8 Å². The molecule has 1 aromatic carbocycles. The summed E-state index contributed by atoms with van der Waals surface area (Å²) in [4.78, 5) is 27.8. The van der Waals surface area contributed by atoms with E-state index in [1.54, 1.807) is 38.1 Å². The molecule has 0 aliphatic carbocycles. The fraction of sp³-hybridized carbons (Fsp3) is 0.200. The maximum absolute atomic E-state index is 12.1. The summed E-state index contributed by atoms with van der Waals surface area (Å²) >= 11 is 1.28. The summed E-state index contributed by atoms with van der Waals surface area (Å²) < 4.78 is 10.5. The molecule has 0 spiro atoms. The molecule has 0 unspecified atom stereocenters. The normalized spacial score (nSPS) is 10.6. The highest BCUT2D eigenvalue weighted by atomic mass is 32.1. The largest absolute Gasteiger partial charge is 0.450 e. The van der Waals surface area contributed by atoms with Gasteiger partial charge >= 0.3 is 6.09 Å². The van der Waals surface area contributed by atoms with Crippen LogP contribution in [0.4, 0.5) is 15.6 Å². The van der Waals surface area contributed by atoms with Crippen LogP contribution in [0.3, 0.4) is 0 Å². The predicted molar refractivity (Wildman–Crippen MR) is 89.5 cm³/mol. The van der Waals surface area contributed by atoms with E-state index in [4.69, 9.17) is 9.26 Å². The summed E-state index contributed by atoms with van der Waals surface area (Å²) in [5, 5.41) is 9.40. The van der Waals surface area contributed by atoms with E-state index < -0.39 is 6.09 Å². The van der Waals surface area contributed by atoms with Crippen LogP contribution in [-0.4, -0.2) is 28.7 Å². The van der Waals surface area contributed by atoms with Gasteiger partial charge in [0.25, 0.3) is 5.91 Å². The van der Waals surface area contributed by atoms with E-state index in [1.165, 1.54) is 11.3 Å². The van der Waals surface area contributed by atoms with Gasteiger partial charge in [0.1, 0.15) is 5.76 Å². The Morgan fingerprint density at radius 1 is 1.29 bits per heavy atom. The van der Waals surface area contributed by atoms with E-state index in [0.717, 1.165) is 4.70 Å². The van der Waals surface area contributed by atoms with Crippen molar-refractivity contribution in [3.8, 4) is 0 Å². The van der Waals surface area contributed by atoms with Crippen LogP contribution in [0.2, 0.25) is 0 Å². The quantitative estimate of drug-likeness (QED) is 0.750. The molecule has 2 N–H and O–H groups in total. The van der Waals surface area contributed by atoms with Crippen LogP contribution in [0.5, 0.6) is 0 Å². The zero-order valence-corrected chi connectivity index (χ0v) is 13.8. The van der Waals surface area contributed by atoms with E-state index in [-0.39, 0.29) is 18.2 Å². The van der Waals surface area contributed by atoms with Crippen LogP contribution in [0, 0.1) is 6.92 Å². The second-order valence-electron chi connectivity index (χ2n) is 4.82. The van der Waals surface area contributed by atoms with Crippen molar-refractivity contribution < 1.29 is 18.8 Å². The molecule has 0 aliphatic rings. The Bertz CT molecular complexity index is 902. The molecule has 0 atom stereocenters. The van der Waals surface area contributed by atoms with E-state index in [0.29, 0.717) is 22.1 Å². The van der Waals surface area contributed by atoms with Crippen molar-refractivity contribution >= 4 is 44.4 Å². The molecule has 24 heavy (non-hydrogen) atoms. The fourth-order valence-electron chi connectivity index (χ4n) is 1.98. The Morgan fingerprint density at radius 2 is 2.12 bits per heavy atom. The summed E-state index contributed by atoms with van der Waals surface area (Å²) in [5.41, 5.74) is 1.52. The number of carbonyl (C=O) groups is 2. The number of ether oxygens (including phenoxy) is 1. The van der Waals surface area contributed by atoms with Crippen LogP contribution >= 0.6 is 11.3 Å². The summed E-state index contributed by atoms with van der Waals surface area (Å²) in [6.45, 7) is 3.73. The average molecular weight is 346 g/mol. The molecule has 2 heterocycles. The van der Waals surface area contributed by atoms with Gasteiger partial charge in [-0.2, -0.15) is 0 Å². The molecular weight excluding hydrogens is 332 g/mol. The zero-order valence-electron chi connectivity index (χ0n) is 13.0. The summed E-state index contributed by atoms with van der Waals surface area (Å²) in [6, 6.07) is 6.81. The molecule has 3 aromatic rings. The van der Waals surface area contributed by atoms with Gasteiger partial charge in [-0.3, -0.25) is 10.1 Å². The number of fused-ring (bicyclic) bond motifs is 1. The van der Waals surface area contributed by atoms with Crippen LogP contribution in [-0.2, 0) is 4.74 Å². The maximum atomic E-state index is 12.1. The second kappa shape index (κ2) is 6.67. The SMILES string of the molecule is CCOC(=O)Nc1nc2ccc(NC(=O)c3cc(C)on3)cc2s1. The van der Waals surface area contributed by atoms with Gasteiger partial charge < -0.3 is 14.6 Å². The highest BCUT2D eigenvalue weighted by Gasteiger charge is 2.13. The first-order valence-corrected chi connectivity index (χ1v) is 7.96. The molecule has 0 aliphatic heterocycles. The predicted octanol–water partition coefficient (Wildman–Crippen LogP) is 3.41. The third-order valence-electron chi connectivity index (χ3n) is 2.99. The van der Waals surface area contributed by atoms with E-state index in [2.05, 4.69) is 20.8 Å². The highest BCUT2D eigenvalue weighted by molar-refractivity contribution is 7.22. The number of benzene rings is 1. The van der Waals surface area contributed by atoms with Gasteiger partial charge in [-0.25, -0.2) is 9.78 Å². The number of nitrogens with one attached hydrogen (secondary N) is 2. The number of hydrogen-bond donors (Lipinski definition) is 2. The van der Waals surface area contributed by atoms with Crippen molar-refractivity contribution in [3.05, 3.63) is 35.7 Å². The minimum Gasteiger partial charge on any atom is -0.450 e. The minimum atomic E-state index is -0.550. The first-order valence-electron chi connectivity index (χ1n) is 7.14. The van der Waals surface area contributed by atoms with E-state index in [1.807, 2.05) is 0 Å². The van der Waals surface area contributed by atoms with Crippen LogP contribution in [0.15, 0.2) is 28.8 Å². The monoisotopic (exact) mass is 346 g/mol. The number of carbonyl (C=O) groups excluding carboxylic acids is 2. The number of rotatable bonds is 4. The van der Waals surface area contributed by atoms with Crippen molar-refractivity contribution in [2.75, 3.05) is 17.2 Å². The molecule has 9 heteroatoms. The second-order valence-corrected chi connectivity index (χ2v) is 5.85. The maximum Gasteiger partial charge on any atom is 0.413 e. The Balaban J connectivity index is 1.76. The van der Waals surface area contributed by atoms with Crippen molar-refractivity contribution in [2.24, 2.45) is 0 Å². The molecule has 0 fully saturated rings. The third kappa shape index (κ3) is 3.51. The van der Waals surface area contributed by atoms with Crippen LogP contribution in [0.1, 0.15) is 23.2 Å². The molecule has 0 bridgehead atoms. The molecule has 3 rings (SSSR count). The molecule has 0 saturated carbocycles. The lowest BCUT2D eigenvalue weighted by atomic mass is 10.3. The number of amides is 2. The van der Waals surface area contributed by atoms with Gasteiger partial charge in [-0.1, -0.05) is 16.5 Å². The van der Waals surface area contributed by atoms with E-state index >= 15 is 0 Å². The first-order chi connectivity index (χ1) is 11.5. The Kier molecular flexibility index (Phi) is 4.43. The standard InChI is InChI=1S/C15H14N4O4S/c1-3-22-15(21)18-14-17-10-5-4-9(7-12(10)24-14)16-13(20)11-6-8(2)23-19-11/h4-7H,3H2,1-2H3,(H,16,20)(H,17,18,21). The Hall–Kier alpha value is -2.94. The minimum absolute atomic E-state index is 0.210. The number of nitrogens with zero attached hydrogens (tertiary/aromatic N) is 2. The molecule has 2 aromatic heterocycles. The van der Waals surface area contributed by atoms with Crippen molar-refractivity contribution in [3.63, 3.8) is 0 Å². The average Bonchev–Trinajstić information content (AvgIpc) is 3.12. The van der Waals surface area contributed by atoms with Gasteiger partial charge in [0.05, 0.1) is 16.8 Å². The van der Waals surface area contributed by atoms with E-state index in [9.17, 15) is 9.59 Å². The summed E-state index contributed by atoms with van der Waals surface area (Å²) in [6.07, 6.45) is -0.550.